The number of amides is 1. The molecular formula is C14H18N4O2. The third-order valence-corrected chi connectivity index (χ3v) is 2.91. The first-order chi connectivity index (χ1) is 9.70. The highest BCUT2D eigenvalue weighted by atomic mass is 16.5. The molecule has 0 saturated carbocycles. The highest BCUT2D eigenvalue weighted by Crippen LogP contribution is 2.12. The predicted molar refractivity (Wildman–Crippen MR) is 75.7 cm³/mol. The summed E-state index contributed by atoms with van der Waals surface area (Å²) in [7, 11) is 0. The van der Waals surface area contributed by atoms with E-state index in [9.17, 15) is 4.79 Å². The standard InChI is InChI=1S/C14H18N4O2/c1-3-11(2)20-9-13(19)16-14-17-15-10-18(14)12-7-5-4-6-8-12/h4-8,10-11H,3,9H2,1-2H3,(H,16,17,19)/t11-/m1/s1. The van der Waals surface area contributed by atoms with Gasteiger partial charge in [-0.3, -0.25) is 14.7 Å². The Balaban J connectivity index is 2.01. The summed E-state index contributed by atoms with van der Waals surface area (Å²) >= 11 is 0. The van der Waals surface area contributed by atoms with Gasteiger partial charge in [-0.1, -0.05) is 25.1 Å². The monoisotopic (exact) mass is 274 g/mol. The molecule has 6 heteroatoms. The van der Waals surface area contributed by atoms with E-state index in [4.69, 9.17) is 4.74 Å². The summed E-state index contributed by atoms with van der Waals surface area (Å²) < 4.78 is 7.09. The highest BCUT2D eigenvalue weighted by molar-refractivity contribution is 5.90. The Hall–Kier alpha value is -2.21. The van der Waals surface area contributed by atoms with Crippen LogP contribution in [0.5, 0.6) is 0 Å². The van der Waals surface area contributed by atoms with E-state index in [1.807, 2.05) is 44.2 Å². The third kappa shape index (κ3) is 3.64. The number of nitrogens with zero attached hydrogens (tertiary/aromatic N) is 3. The quantitative estimate of drug-likeness (QED) is 0.875. The molecule has 20 heavy (non-hydrogen) atoms. The van der Waals surface area contributed by atoms with Crippen molar-refractivity contribution in [2.24, 2.45) is 0 Å². The summed E-state index contributed by atoms with van der Waals surface area (Å²) in [6.07, 6.45) is 2.49. The Kier molecular flexibility index (Phi) is 4.84. The number of ether oxygens (including phenoxy) is 1. The molecule has 1 atom stereocenters. The second kappa shape index (κ2) is 6.81. The molecule has 1 amide bonds. The Morgan fingerprint density at radius 1 is 1.40 bits per heavy atom. The van der Waals surface area contributed by atoms with Gasteiger partial charge in [0.05, 0.1) is 11.8 Å². The average Bonchev–Trinajstić information content (AvgIpc) is 2.93. The topological polar surface area (TPSA) is 69.0 Å². The predicted octanol–water partition coefficient (Wildman–Crippen LogP) is 2.02. The number of aromatic nitrogens is 3. The van der Waals surface area contributed by atoms with Crippen molar-refractivity contribution in [2.45, 2.75) is 26.4 Å². The molecule has 0 spiro atoms. The summed E-state index contributed by atoms with van der Waals surface area (Å²) in [4.78, 5) is 11.8. The normalized spacial score (nSPS) is 12.1. The number of hydrogen-bond acceptors (Lipinski definition) is 4. The van der Waals surface area contributed by atoms with E-state index in [2.05, 4.69) is 15.5 Å². The zero-order valence-corrected chi connectivity index (χ0v) is 11.6. The van der Waals surface area contributed by atoms with Crippen molar-refractivity contribution in [3.8, 4) is 5.69 Å². The van der Waals surface area contributed by atoms with Crippen LogP contribution in [0.3, 0.4) is 0 Å². The van der Waals surface area contributed by atoms with E-state index in [1.54, 1.807) is 10.9 Å². The summed E-state index contributed by atoms with van der Waals surface area (Å²) in [6, 6.07) is 9.56. The van der Waals surface area contributed by atoms with Crippen LogP contribution in [0.15, 0.2) is 36.7 Å². The van der Waals surface area contributed by atoms with Crippen LogP contribution >= 0.6 is 0 Å². The van der Waals surface area contributed by atoms with Crippen LogP contribution in [0.25, 0.3) is 5.69 Å². The summed E-state index contributed by atoms with van der Waals surface area (Å²) in [5.74, 6) is 0.143. The van der Waals surface area contributed by atoms with Gasteiger partial charge < -0.3 is 4.74 Å². The van der Waals surface area contributed by atoms with Gasteiger partial charge >= 0.3 is 0 Å². The molecule has 1 N–H and O–H groups in total. The molecule has 0 radical (unpaired) electrons. The maximum Gasteiger partial charge on any atom is 0.252 e. The summed E-state index contributed by atoms with van der Waals surface area (Å²) in [5.41, 5.74) is 0.885. The van der Waals surface area contributed by atoms with Crippen LogP contribution < -0.4 is 5.32 Å². The van der Waals surface area contributed by atoms with Crippen molar-refractivity contribution in [1.29, 1.82) is 0 Å². The second-order valence-corrected chi connectivity index (χ2v) is 4.44. The lowest BCUT2D eigenvalue weighted by Crippen LogP contribution is -2.23. The molecule has 2 aromatic rings. The number of anilines is 1. The smallest absolute Gasteiger partial charge is 0.252 e. The van der Waals surface area contributed by atoms with Crippen LogP contribution in [0, 0.1) is 0 Å². The molecular weight excluding hydrogens is 256 g/mol. The average molecular weight is 274 g/mol. The molecule has 1 heterocycles. The van der Waals surface area contributed by atoms with Crippen LogP contribution in [0.1, 0.15) is 20.3 Å². The maximum atomic E-state index is 11.8. The van der Waals surface area contributed by atoms with Gasteiger partial charge in [0.1, 0.15) is 12.9 Å². The molecule has 0 unspecified atom stereocenters. The van der Waals surface area contributed by atoms with Crippen molar-refractivity contribution in [3.63, 3.8) is 0 Å². The van der Waals surface area contributed by atoms with Gasteiger partial charge in [0.25, 0.3) is 5.91 Å². The van der Waals surface area contributed by atoms with Crippen LogP contribution in [-0.4, -0.2) is 33.4 Å². The maximum absolute atomic E-state index is 11.8. The lowest BCUT2D eigenvalue weighted by molar-refractivity contribution is -0.122. The Morgan fingerprint density at radius 2 is 2.15 bits per heavy atom. The van der Waals surface area contributed by atoms with Gasteiger partial charge in [-0.2, -0.15) is 0 Å². The highest BCUT2D eigenvalue weighted by Gasteiger charge is 2.11. The van der Waals surface area contributed by atoms with Crippen molar-refractivity contribution < 1.29 is 9.53 Å². The van der Waals surface area contributed by atoms with Crippen molar-refractivity contribution in [3.05, 3.63) is 36.7 Å². The minimum atomic E-state index is -0.240. The Morgan fingerprint density at radius 3 is 2.85 bits per heavy atom. The fraction of sp³-hybridized carbons (Fsp3) is 0.357. The molecule has 0 aliphatic heterocycles. The Bertz CT molecular complexity index is 553. The lowest BCUT2D eigenvalue weighted by Gasteiger charge is -2.11. The molecule has 1 aromatic heterocycles. The minimum absolute atomic E-state index is 0.0106. The molecule has 6 nitrogen and oxygen atoms in total. The van der Waals surface area contributed by atoms with E-state index >= 15 is 0 Å². The molecule has 0 fully saturated rings. The molecule has 2 rings (SSSR count). The van der Waals surface area contributed by atoms with E-state index in [0.717, 1.165) is 12.1 Å². The zero-order chi connectivity index (χ0) is 14.4. The van der Waals surface area contributed by atoms with Gasteiger partial charge in [0.2, 0.25) is 5.95 Å². The largest absolute Gasteiger partial charge is 0.369 e. The second-order valence-electron chi connectivity index (χ2n) is 4.44. The number of benzene rings is 1. The first-order valence-corrected chi connectivity index (χ1v) is 6.57. The number of nitrogens with one attached hydrogen (secondary N) is 1. The number of para-hydroxylation sites is 1. The summed E-state index contributed by atoms with van der Waals surface area (Å²) in [6.45, 7) is 3.95. The first-order valence-electron chi connectivity index (χ1n) is 6.57. The van der Waals surface area contributed by atoms with E-state index in [1.165, 1.54) is 0 Å². The SMILES string of the molecule is CC[C@@H](C)OCC(=O)Nc1nncn1-c1ccccc1. The van der Waals surface area contributed by atoms with Crippen molar-refractivity contribution in [1.82, 2.24) is 14.8 Å². The van der Waals surface area contributed by atoms with Crippen molar-refractivity contribution in [2.75, 3.05) is 11.9 Å². The number of carbonyl (C=O) groups excluding carboxylic acids is 1. The van der Waals surface area contributed by atoms with Gasteiger partial charge in [-0.05, 0) is 25.5 Å². The van der Waals surface area contributed by atoms with Gasteiger partial charge in [0, 0.05) is 0 Å². The number of hydrogen-bond donors (Lipinski definition) is 1. The van der Waals surface area contributed by atoms with Crippen molar-refractivity contribution >= 4 is 11.9 Å². The zero-order valence-electron chi connectivity index (χ0n) is 11.6. The fourth-order valence-electron chi connectivity index (χ4n) is 1.59. The molecule has 0 saturated heterocycles. The first kappa shape index (κ1) is 14.2. The number of rotatable bonds is 6. The lowest BCUT2D eigenvalue weighted by atomic mass is 10.3. The number of carbonyl (C=O) groups is 1. The molecule has 106 valence electrons. The van der Waals surface area contributed by atoms with E-state index < -0.39 is 0 Å². The molecule has 0 aliphatic rings. The van der Waals surface area contributed by atoms with Crippen LogP contribution in [-0.2, 0) is 9.53 Å². The van der Waals surface area contributed by atoms with Crippen LogP contribution in [0.4, 0.5) is 5.95 Å². The molecule has 0 bridgehead atoms. The van der Waals surface area contributed by atoms with Gasteiger partial charge in [0.15, 0.2) is 0 Å². The summed E-state index contributed by atoms with van der Waals surface area (Å²) in [5, 5.41) is 10.4. The van der Waals surface area contributed by atoms with E-state index in [-0.39, 0.29) is 18.6 Å². The molecule has 1 aromatic carbocycles. The fourth-order valence-corrected chi connectivity index (χ4v) is 1.59. The minimum Gasteiger partial charge on any atom is -0.369 e. The van der Waals surface area contributed by atoms with Gasteiger partial charge in [-0.15, -0.1) is 10.2 Å². The van der Waals surface area contributed by atoms with E-state index in [0.29, 0.717) is 5.95 Å². The molecule has 0 aliphatic carbocycles. The third-order valence-electron chi connectivity index (χ3n) is 2.91. The van der Waals surface area contributed by atoms with Crippen LogP contribution in [0.2, 0.25) is 0 Å². The Labute approximate surface area is 117 Å². The van der Waals surface area contributed by atoms with Gasteiger partial charge in [-0.25, -0.2) is 0 Å².